The monoisotopic (exact) mass is 401 g/mol. The van der Waals surface area contributed by atoms with E-state index in [1.165, 1.54) is 11.8 Å². The summed E-state index contributed by atoms with van der Waals surface area (Å²) in [7, 11) is 1.50. The molecule has 11 nitrogen and oxygen atoms in total. The molecule has 0 aliphatic carbocycles. The molecule has 0 unspecified atom stereocenters. The summed E-state index contributed by atoms with van der Waals surface area (Å²) >= 11 is 3.22. The SMILES string of the molecule is COc1cc(Br)cn(N)c1=N.O=[N+]([O-])c1ccc(O)c([N+](=O)[O-])c1. The fourth-order valence-corrected chi connectivity index (χ4v) is 1.91. The van der Waals surface area contributed by atoms with Crippen LogP contribution in [0.15, 0.2) is 34.9 Å². The van der Waals surface area contributed by atoms with Crippen LogP contribution in [0, 0.1) is 25.6 Å². The Hall–Kier alpha value is -3.15. The van der Waals surface area contributed by atoms with Crippen LogP contribution < -0.4 is 16.1 Å². The zero-order chi connectivity index (χ0) is 18.4. The van der Waals surface area contributed by atoms with Crippen molar-refractivity contribution in [3.05, 3.63) is 60.7 Å². The molecule has 0 radical (unpaired) electrons. The largest absolute Gasteiger partial charge is 0.502 e. The van der Waals surface area contributed by atoms with Crippen LogP contribution in [-0.2, 0) is 0 Å². The third-order valence-electron chi connectivity index (χ3n) is 2.61. The molecule has 12 heteroatoms. The number of nitrogen functional groups attached to an aromatic ring is 1. The molecule has 1 aromatic carbocycles. The van der Waals surface area contributed by atoms with Crippen molar-refractivity contribution in [2.24, 2.45) is 0 Å². The van der Waals surface area contributed by atoms with Gasteiger partial charge in [0.1, 0.15) is 0 Å². The standard InChI is InChI=1S/C6H8BrN3O.C6H4N2O5/c1-11-5-2-4(7)3-10(9)6(5)8;9-6-2-1-4(7(10)11)3-5(6)8(12)13/h2-3,8H,9H2,1H3;1-3,9H. The summed E-state index contributed by atoms with van der Waals surface area (Å²) in [6.45, 7) is 0. The van der Waals surface area contributed by atoms with E-state index >= 15 is 0 Å². The summed E-state index contributed by atoms with van der Waals surface area (Å²) in [5.74, 6) is 5.27. The zero-order valence-corrected chi connectivity index (χ0v) is 13.8. The summed E-state index contributed by atoms with van der Waals surface area (Å²) in [5.41, 5.74) is -0.950. The van der Waals surface area contributed by atoms with Crippen LogP contribution in [0.4, 0.5) is 11.4 Å². The highest BCUT2D eigenvalue weighted by molar-refractivity contribution is 9.10. The number of hydrogen-bond acceptors (Lipinski definition) is 8. The van der Waals surface area contributed by atoms with Gasteiger partial charge in [0, 0.05) is 16.7 Å². The van der Waals surface area contributed by atoms with E-state index in [1.807, 2.05) is 0 Å². The number of methoxy groups -OCH3 is 1. The van der Waals surface area contributed by atoms with Crippen LogP contribution in [0.2, 0.25) is 0 Å². The van der Waals surface area contributed by atoms with Crippen molar-refractivity contribution >= 4 is 27.3 Å². The van der Waals surface area contributed by atoms with E-state index in [0.717, 1.165) is 16.6 Å². The average molecular weight is 402 g/mol. The van der Waals surface area contributed by atoms with E-state index in [9.17, 15) is 20.2 Å². The minimum absolute atomic E-state index is 0.149. The van der Waals surface area contributed by atoms with Crippen molar-refractivity contribution in [1.29, 1.82) is 5.41 Å². The second kappa shape index (κ2) is 7.92. The Bertz CT molecular complexity index is 837. The minimum Gasteiger partial charge on any atom is -0.502 e. The van der Waals surface area contributed by atoms with Crippen molar-refractivity contribution in [2.75, 3.05) is 13.0 Å². The van der Waals surface area contributed by atoms with E-state index < -0.39 is 27.0 Å². The van der Waals surface area contributed by atoms with E-state index in [-0.39, 0.29) is 5.49 Å². The van der Waals surface area contributed by atoms with Gasteiger partial charge in [-0.3, -0.25) is 25.6 Å². The van der Waals surface area contributed by atoms with E-state index in [2.05, 4.69) is 15.9 Å². The van der Waals surface area contributed by atoms with Gasteiger partial charge in [0.15, 0.2) is 17.0 Å². The average Bonchev–Trinajstić information content (AvgIpc) is 2.51. The van der Waals surface area contributed by atoms with Crippen LogP contribution in [0.1, 0.15) is 0 Å². The lowest BCUT2D eigenvalue weighted by molar-refractivity contribution is -0.394. The number of aromatic nitrogens is 1. The molecule has 2 aromatic rings. The van der Waals surface area contributed by atoms with Crippen molar-refractivity contribution in [1.82, 2.24) is 4.68 Å². The Morgan fingerprint density at radius 2 is 1.92 bits per heavy atom. The Balaban J connectivity index is 0.000000243. The molecule has 0 fully saturated rings. The summed E-state index contributed by atoms with van der Waals surface area (Å²) in [6, 6.07) is 4.29. The van der Waals surface area contributed by atoms with Gasteiger partial charge >= 0.3 is 5.69 Å². The number of nitrogens with one attached hydrogen (secondary N) is 1. The molecular weight excluding hydrogens is 390 g/mol. The highest BCUT2D eigenvalue weighted by Gasteiger charge is 2.18. The predicted octanol–water partition coefficient (Wildman–Crippen LogP) is 1.66. The lowest BCUT2D eigenvalue weighted by atomic mass is 10.2. The summed E-state index contributed by atoms with van der Waals surface area (Å²) in [5, 5.41) is 36.7. The molecule has 128 valence electrons. The molecule has 0 amide bonds. The number of pyridine rings is 1. The zero-order valence-electron chi connectivity index (χ0n) is 12.2. The maximum absolute atomic E-state index is 10.2. The normalized spacial score (nSPS) is 9.58. The molecule has 2 rings (SSSR count). The number of nitro groups is 2. The van der Waals surface area contributed by atoms with Crippen molar-refractivity contribution < 1.29 is 19.7 Å². The number of ether oxygens (including phenoxy) is 1. The molecule has 1 heterocycles. The fraction of sp³-hybridized carbons (Fsp3) is 0.0833. The number of non-ortho nitro benzene ring substituents is 1. The maximum atomic E-state index is 10.2. The molecule has 24 heavy (non-hydrogen) atoms. The number of nitro benzene ring substituents is 2. The Morgan fingerprint density at radius 1 is 1.29 bits per heavy atom. The van der Waals surface area contributed by atoms with Crippen molar-refractivity contribution in [2.45, 2.75) is 0 Å². The number of phenolic OH excluding ortho intramolecular Hbond substituents is 1. The molecular formula is C12H12BrN5O6. The molecule has 0 saturated heterocycles. The quantitative estimate of drug-likeness (QED) is 0.398. The van der Waals surface area contributed by atoms with E-state index in [1.54, 1.807) is 12.3 Å². The van der Waals surface area contributed by atoms with Gasteiger partial charge < -0.3 is 15.7 Å². The van der Waals surface area contributed by atoms with Crippen LogP contribution in [0.5, 0.6) is 11.5 Å². The van der Waals surface area contributed by atoms with Gasteiger partial charge in [-0.25, -0.2) is 4.68 Å². The van der Waals surface area contributed by atoms with Crippen molar-refractivity contribution in [3.8, 4) is 11.5 Å². The Morgan fingerprint density at radius 3 is 2.42 bits per heavy atom. The Kier molecular flexibility index (Phi) is 6.23. The first kappa shape index (κ1) is 18.9. The molecule has 0 aliphatic rings. The third-order valence-corrected chi connectivity index (χ3v) is 3.04. The topological polar surface area (TPSA) is 171 Å². The molecule has 4 N–H and O–H groups in total. The van der Waals surface area contributed by atoms with Crippen LogP contribution in [0.25, 0.3) is 0 Å². The second-order valence-corrected chi connectivity index (χ2v) is 5.09. The highest BCUT2D eigenvalue weighted by Crippen LogP contribution is 2.29. The van der Waals surface area contributed by atoms with Gasteiger partial charge in [-0.05, 0) is 28.1 Å². The number of nitrogens with two attached hydrogens (primary N) is 1. The molecule has 0 saturated carbocycles. The number of aromatic hydroxyl groups is 1. The number of nitrogens with zero attached hydrogens (tertiary/aromatic N) is 3. The lowest BCUT2D eigenvalue weighted by Crippen LogP contribution is -2.27. The first-order valence-electron chi connectivity index (χ1n) is 6.05. The predicted molar refractivity (Wildman–Crippen MR) is 86.1 cm³/mol. The van der Waals surface area contributed by atoms with Crippen LogP contribution in [0.3, 0.4) is 0 Å². The van der Waals surface area contributed by atoms with E-state index in [0.29, 0.717) is 11.8 Å². The third kappa shape index (κ3) is 4.67. The van der Waals surface area contributed by atoms with Crippen LogP contribution in [-0.4, -0.2) is 26.7 Å². The number of rotatable bonds is 3. The smallest absolute Gasteiger partial charge is 0.317 e. The van der Waals surface area contributed by atoms with Gasteiger partial charge in [0.2, 0.25) is 0 Å². The fourth-order valence-electron chi connectivity index (χ4n) is 1.48. The second-order valence-electron chi connectivity index (χ2n) is 4.17. The lowest BCUT2D eigenvalue weighted by Gasteiger charge is -2.04. The Labute approximate surface area is 142 Å². The number of phenols is 1. The van der Waals surface area contributed by atoms with Crippen LogP contribution >= 0.6 is 15.9 Å². The number of halogens is 1. The van der Waals surface area contributed by atoms with E-state index in [4.69, 9.17) is 21.1 Å². The molecule has 0 bridgehead atoms. The van der Waals surface area contributed by atoms with Gasteiger partial charge in [-0.1, -0.05) is 0 Å². The molecule has 0 spiro atoms. The number of hydrogen-bond donors (Lipinski definition) is 3. The molecule has 0 atom stereocenters. The van der Waals surface area contributed by atoms with Crippen molar-refractivity contribution in [3.63, 3.8) is 0 Å². The summed E-state index contributed by atoms with van der Waals surface area (Å²) < 4.78 is 6.86. The summed E-state index contributed by atoms with van der Waals surface area (Å²) in [6.07, 6.45) is 1.59. The maximum Gasteiger partial charge on any atom is 0.317 e. The first-order chi connectivity index (χ1) is 11.2. The summed E-state index contributed by atoms with van der Waals surface area (Å²) in [4.78, 5) is 18.7. The van der Waals surface area contributed by atoms with Gasteiger partial charge in [-0.2, -0.15) is 0 Å². The van der Waals surface area contributed by atoms with Gasteiger partial charge in [0.25, 0.3) is 5.69 Å². The molecule has 1 aromatic heterocycles. The number of benzene rings is 1. The molecule has 0 aliphatic heterocycles. The minimum atomic E-state index is -0.887. The van der Waals surface area contributed by atoms with Gasteiger partial charge in [0.05, 0.1) is 23.0 Å². The first-order valence-corrected chi connectivity index (χ1v) is 6.84. The van der Waals surface area contributed by atoms with Gasteiger partial charge in [-0.15, -0.1) is 0 Å². The highest BCUT2D eigenvalue weighted by atomic mass is 79.9.